The van der Waals surface area contributed by atoms with Crippen molar-refractivity contribution in [2.45, 2.75) is 20.0 Å². The summed E-state index contributed by atoms with van der Waals surface area (Å²) in [5.74, 6) is -1.02. The van der Waals surface area contributed by atoms with Gasteiger partial charge in [0.1, 0.15) is 11.6 Å². The molecule has 5 heteroatoms. The molecule has 1 aromatic carbocycles. The molecule has 0 aromatic heterocycles. The molecule has 0 aliphatic carbocycles. The highest BCUT2D eigenvalue weighted by Crippen LogP contribution is 2.15. The third-order valence-electron chi connectivity index (χ3n) is 2.82. The minimum atomic E-state index is -0.618. The summed E-state index contributed by atoms with van der Waals surface area (Å²) in [6, 6.07) is 3.21. The summed E-state index contributed by atoms with van der Waals surface area (Å²) < 4.78 is 26.2. The molecule has 0 spiro atoms. The van der Waals surface area contributed by atoms with E-state index in [4.69, 9.17) is 0 Å². The number of rotatable bonds is 7. The maximum absolute atomic E-state index is 13.3. The molecule has 0 heterocycles. The number of aliphatic hydroxyl groups is 1. The second-order valence-corrected chi connectivity index (χ2v) is 4.14. The topological polar surface area (TPSA) is 35.5 Å². The Morgan fingerprint density at radius 2 is 1.94 bits per heavy atom. The Bertz CT molecular complexity index is 370. The summed E-state index contributed by atoms with van der Waals surface area (Å²) in [6.45, 7) is 6.42. The van der Waals surface area contributed by atoms with Gasteiger partial charge in [0.05, 0.1) is 11.8 Å². The second kappa shape index (κ2) is 7.28. The van der Waals surface area contributed by atoms with Crippen LogP contribution in [0.1, 0.15) is 13.8 Å². The Kier molecular flexibility index (Phi) is 6.01. The van der Waals surface area contributed by atoms with Crippen molar-refractivity contribution in [3.05, 3.63) is 29.8 Å². The molecule has 0 fully saturated rings. The van der Waals surface area contributed by atoms with Crippen molar-refractivity contribution in [1.82, 2.24) is 4.90 Å². The average Bonchev–Trinajstić information content (AvgIpc) is 2.37. The van der Waals surface area contributed by atoms with Gasteiger partial charge in [-0.05, 0) is 31.3 Å². The van der Waals surface area contributed by atoms with Crippen LogP contribution in [0.25, 0.3) is 0 Å². The molecule has 0 saturated heterocycles. The third kappa shape index (κ3) is 4.58. The van der Waals surface area contributed by atoms with Gasteiger partial charge in [-0.2, -0.15) is 0 Å². The van der Waals surface area contributed by atoms with Gasteiger partial charge in [-0.15, -0.1) is 0 Å². The molecular weight excluding hydrogens is 238 g/mol. The van der Waals surface area contributed by atoms with Crippen LogP contribution < -0.4 is 5.32 Å². The van der Waals surface area contributed by atoms with Crippen LogP contribution in [0.15, 0.2) is 18.2 Å². The highest BCUT2D eigenvalue weighted by Gasteiger charge is 2.10. The Morgan fingerprint density at radius 3 is 2.56 bits per heavy atom. The van der Waals surface area contributed by atoms with Gasteiger partial charge < -0.3 is 15.3 Å². The summed E-state index contributed by atoms with van der Waals surface area (Å²) in [5, 5.41) is 12.5. The number of nitrogens with one attached hydrogen (secondary N) is 1. The van der Waals surface area contributed by atoms with Crippen molar-refractivity contribution in [1.29, 1.82) is 0 Å². The lowest BCUT2D eigenvalue weighted by Gasteiger charge is -2.22. The van der Waals surface area contributed by atoms with E-state index in [1.165, 1.54) is 0 Å². The SMILES string of the molecule is CCN(CC)CC(O)CNc1cc(F)ccc1F. The molecule has 0 amide bonds. The predicted molar refractivity (Wildman–Crippen MR) is 68.6 cm³/mol. The molecule has 1 unspecified atom stereocenters. The largest absolute Gasteiger partial charge is 0.390 e. The lowest BCUT2D eigenvalue weighted by Crippen LogP contribution is -2.36. The summed E-state index contributed by atoms with van der Waals surface area (Å²) in [4.78, 5) is 2.06. The Balaban J connectivity index is 2.46. The Labute approximate surface area is 106 Å². The van der Waals surface area contributed by atoms with E-state index in [1.807, 2.05) is 13.8 Å². The van der Waals surface area contributed by atoms with E-state index in [0.29, 0.717) is 6.54 Å². The monoisotopic (exact) mass is 258 g/mol. The summed E-state index contributed by atoms with van der Waals surface area (Å²) in [7, 11) is 0. The predicted octanol–water partition coefficient (Wildman–Crippen LogP) is 2.08. The van der Waals surface area contributed by atoms with E-state index in [-0.39, 0.29) is 12.2 Å². The van der Waals surface area contributed by atoms with E-state index < -0.39 is 17.7 Å². The number of likely N-dealkylation sites (N-methyl/N-ethyl adjacent to an activating group) is 1. The van der Waals surface area contributed by atoms with Gasteiger partial charge in [0, 0.05) is 13.1 Å². The normalized spacial score (nSPS) is 12.8. The average molecular weight is 258 g/mol. The van der Waals surface area contributed by atoms with Gasteiger partial charge in [0.2, 0.25) is 0 Å². The molecule has 18 heavy (non-hydrogen) atoms. The van der Waals surface area contributed by atoms with E-state index >= 15 is 0 Å². The van der Waals surface area contributed by atoms with Crippen LogP contribution in [0.2, 0.25) is 0 Å². The lowest BCUT2D eigenvalue weighted by atomic mass is 10.2. The molecule has 1 aromatic rings. The number of anilines is 1. The molecule has 3 nitrogen and oxygen atoms in total. The van der Waals surface area contributed by atoms with Crippen molar-refractivity contribution in [3.8, 4) is 0 Å². The number of hydrogen-bond donors (Lipinski definition) is 2. The fourth-order valence-electron chi connectivity index (χ4n) is 1.71. The zero-order chi connectivity index (χ0) is 13.5. The van der Waals surface area contributed by atoms with Crippen molar-refractivity contribution in [2.24, 2.45) is 0 Å². The standard InChI is InChI=1S/C13H20F2N2O/c1-3-17(4-2)9-11(18)8-16-13-7-10(14)5-6-12(13)15/h5-7,11,16,18H,3-4,8-9H2,1-2H3. The highest BCUT2D eigenvalue weighted by atomic mass is 19.1. The highest BCUT2D eigenvalue weighted by molar-refractivity contribution is 5.44. The van der Waals surface area contributed by atoms with Gasteiger partial charge in [-0.3, -0.25) is 0 Å². The molecule has 1 atom stereocenters. The Morgan fingerprint density at radius 1 is 1.28 bits per heavy atom. The molecule has 0 bridgehead atoms. The zero-order valence-corrected chi connectivity index (χ0v) is 10.8. The van der Waals surface area contributed by atoms with Gasteiger partial charge in [0.15, 0.2) is 0 Å². The number of benzene rings is 1. The van der Waals surface area contributed by atoms with Crippen molar-refractivity contribution in [3.63, 3.8) is 0 Å². The lowest BCUT2D eigenvalue weighted by molar-refractivity contribution is 0.128. The number of hydrogen-bond acceptors (Lipinski definition) is 3. The molecule has 102 valence electrons. The third-order valence-corrected chi connectivity index (χ3v) is 2.82. The van der Waals surface area contributed by atoms with Crippen LogP contribution in [0.5, 0.6) is 0 Å². The molecular formula is C13H20F2N2O. The Hall–Kier alpha value is -1.20. The van der Waals surface area contributed by atoms with Crippen LogP contribution in [0.3, 0.4) is 0 Å². The molecule has 0 aliphatic heterocycles. The molecule has 0 radical (unpaired) electrons. The van der Waals surface area contributed by atoms with E-state index in [9.17, 15) is 13.9 Å². The molecule has 1 rings (SSSR count). The molecule has 0 saturated carbocycles. The fraction of sp³-hybridized carbons (Fsp3) is 0.538. The van der Waals surface area contributed by atoms with Crippen molar-refractivity contribution >= 4 is 5.69 Å². The molecule has 0 aliphatic rings. The molecule has 2 N–H and O–H groups in total. The summed E-state index contributed by atoms with van der Waals surface area (Å²) in [6.07, 6.45) is -0.618. The number of halogens is 2. The number of nitrogens with zero attached hydrogens (tertiary/aromatic N) is 1. The van der Waals surface area contributed by atoms with E-state index in [0.717, 1.165) is 31.3 Å². The van der Waals surface area contributed by atoms with Crippen LogP contribution in [0.4, 0.5) is 14.5 Å². The van der Waals surface area contributed by atoms with Crippen LogP contribution in [-0.4, -0.2) is 42.3 Å². The first-order chi connectivity index (χ1) is 8.56. The summed E-state index contributed by atoms with van der Waals surface area (Å²) >= 11 is 0. The number of aliphatic hydroxyl groups excluding tert-OH is 1. The first-order valence-corrected chi connectivity index (χ1v) is 6.16. The quantitative estimate of drug-likeness (QED) is 0.786. The van der Waals surface area contributed by atoms with Crippen LogP contribution >= 0.6 is 0 Å². The van der Waals surface area contributed by atoms with Gasteiger partial charge in [0.25, 0.3) is 0 Å². The smallest absolute Gasteiger partial charge is 0.146 e. The first kappa shape index (κ1) is 14.9. The maximum Gasteiger partial charge on any atom is 0.146 e. The second-order valence-electron chi connectivity index (χ2n) is 4.14. The zero-order valence-electron chi connectivity index (χ0n) is 10.8. The minimum absolute atomic E-state index is 0.0774. The van der Waals surface area contributed by atoms with E-state index in [1.54, 1.807) is 0 Å². The fourth-order valence-corrected chi connectivity index (χ4v) is 1.71. The van der Waals surface area contributed by atoms with E-state index in [2.05, 4.69) is 10.2 Å². The van der Waals surface area contributed by atoms with Gasteiger partial charge in [-0.25, -0.2) is 8.78 Å². The minimum Gasteiger partial charge on any atom is -0.390 e. The van der Waals surface area contributed by atoms with Gasteiger partial charge >= 0.3 is 0 Å². The van der Waals surface area contributed by atoms with Crippen molar-refractivity contribution in [2.75, 3.05) is 31.5 Å². The van der Waals surface area contributed by atoms with Crippen molar-refractivity contribution < 1.29 is 13.9 Å². The summed E-state index contributed by atoms with van der Waals surface area (Å²) in [5.41, 5.74) is 0.0774. The van der Waals surface area contributed by atoms with Gasteiger partial charge in [-0.1, -0.05) is 13.8 Å². The first-order valence-electron chi connectivity index (χ1n) is 6.16. The maximum atomic E-state index is 13.3. The van der Waals surface area contributed by atoms with Crippen LogP contribution in [-0.2, 0) is 0 Å². The van der Waals surface area contributed by atoms with Crippen LogP contribution in [0, 0.1) is 11.6 Å².